The summed E-state index contributed by atoms with van der Waals surface area (Å²) in [6.45, 7) is 6.65. The van der Waals surface area contributed by atoms with Crippen molar-refractivity contribution in [1.29, 1.82) is 0 Å². The molecule has 0 unspecified atom stereocenters. The maximum atomic E-state index is 10.3. The first kappa shape index (κ1) is 62.9. The molecule has 0 aromatic rings. The van der Waals surface area contributed by atoms with Crippen LogP contribution in [0.2, 0.25) is 0 Å². The molecule has 0 heterocycles. The van der Waals surface area contributed by atoms with Crippen molar-refractivity contribution >= 4 is 17.9 Å². The topological polar surface area (TPSA) is 112 Å². The van der Waals surface area contributed by atoms with E-state index < -0.39 is 17.9 Å². The fourth-order valence-electron chi connectivity index (χ4n) is 6.54. The number of carboxylic acids is 3. The summed E-state index contributed by atoms with van der Waals surface area (Å²) in [6.07, 6.45) is 71.2. The Morgan fingerprint density at radius 1 is 0.306 bits per heavy atom. The van der Waals surface area contributed by atoms with Crippen molar-refractivity contribution in [2.24, 2.45) is 0 Å². The minimum absolute atomic E-state index is 0.290. The Hall–Kier alpha value is -3.41. The highest BCUT2D eigenvalue weighted by Crippen LogP contribution is 2.14. The molecular formula is C56H98O6. The predicted molar refractivity (Wildman–Crippen MR) is 270 cm³/mol. The number of rotatable bonds is 43. The summed E-state index contributed by atoms with van der Waals surface area (Å²) in [5, 5.41) is 25.4. The second-order valence-corrected chi connectivity index (χ2v) is 16.5. The highest BCUT2D eigenvalue weighted by atomic mass is 16.4. The maximum absolute atomic E-state index is 10.3. The van der Waals surface area contributed by atoms with Crippen LogP contribution in [0, 0.1) is 0 Å². The molecule has 0 aliphatic rings. The summed E-state index contributed by atoms with van der Waals surface area (Å²) >= 11 is 0. The normalized spacial score (nSPS) is 11.8. The largest absolute Gasteiger partial charge is 0.481 e. The zero-order chi connectivity index (χ0) is 46.1. The highest BCUT2D eigenvalue weighted by Gasteiger charge is 1.97. The molecule has 6 heteroatoms. The molecule has 358 valence electrons. The highest BCUT2D eigenvalue weighted by molar-refractivity contribution is 5.79. The average molecular weight is 867 g/mol. The molecule has 0 radical (unpaired) electrons. The van der Waals surface area contributed by atoms with E-state index >= 15 is 0 Å². The Labute approximate surface area is 383 Å². The second kappa shape index (κ2) is 59.7. The molecule has 0 spiro atoms. The van der Waals surface area contributed by atoms with Gasteiger partial charge in [-0.05, 0) is 96.3 Å². The number of hydrogen-bond donors (Lipinski definition) is 3. The van der Waals surface area contributed by atoms with Gasteiger partial charge in [0.05, 0.1) is 0 Å². The lowest BCUT2D eigenvalue weighted by atomic mass is 10.0. The lowest BCUT2D eigenvalue weighted by Gasteiger charge is -2.03. The second-order valence-electron chi connectivity index (χ2n) is 16.5. The number of unbranched alkanes of at least 4 members (excludes halogenated alkanes) is 25. The third kappa shape index (κ3) is 71.1. The first-order valence-corrected chi connectivity index (χ1v) is 25.5. The zero-order valence-electron chi connectivity index (χ0n) is 40.6. The van der Waals surface area contributed by atoms with Gasteiger partial charge in [-0.1, -0.05) is 222 Å². The average Bonchev–Trinajstić information content (AvgIpc) is 3.25. The van der Waals surface area contributed by atoms with E-state index in [0.717, 1.165) is 89.9 Å². The van der Waals surface area contributed by atoms with Crippen molar-refractivity contribution in [3.63, 3.8) is 0 Å². The molecule has 0 amide bonds. The van der Waals surface area contributed by atoms with Gasteiger partial charge in [-0.25, -0.2) is 4.79 Å². The molecule has 0 fully saturated rings. The number of aliphatic carboxylic acids is 3. The van der Waals surface area contributed by atoms with Crippen LogP contribution in [-0.4, -0.2) is 33.2 Å². The fraction of sp³-hybridized carbons (Fsp3) is 0.696. The fourth-order valence-corrected chi connectivity index (χ4v) is 6.54. The molecular weight excluding hydrogens is 769 g/mol. The van der Waals surface area contributed by atoms with E-state index in [1.165, 1.54) is 134 Å². The molecule has 0 aromatic heterocycles. The molecule has 0 atom stereocenters. The number of carboxylic acid groups (broad SMARTS) is 3. The first-order chi connectivity index (χ1) is 30.3. The van der Waals surface area contributed by atoms with Crippen LogP contribution in [0.15, 0.2) is 85.1 Å². The lowest BCUT2D eigenvalue weighted by molar-refractivity contribution is -0.138. The molecule has 6 nitrogen and oxygen atoms in total. The Morgan fingerprint density at radius 3 is 0.919 bits per heavy atom. The van der Waals surface area contributed by atoms with Crippen molar-refractivity contribution in [2.45, 2.75) is 252 Å². The monoisotopic (exact) mass is 867 g/mol. The Balaban J connectivity index is -0.000000844. The SMILES string of the molecule is CC/C=C\C/C=C\C/C=C\CCCCCCCC(=O)O.CCCCCC=CCC=CCC=CCCCCC(=O)O.CCCCCCCCCCCCCCCCCC=CC(=O)O. The molecule has 0 rings (SSSR count). The third-order valence-corrected chi connectivity index (χ3v) is 10.3. The summed E-state index contributed by atoms with van der Waals surface area (Å²) in [6, 6.07) is 0. The smallest absolute Gasteiger partial charge is 0.327 e. The van der Waals surface area contributed by atoms with Crippen molar-refractivity contribution in [1.82, 2.24) is 0 Å². The summed E-state index contributed by atoms with van der Waals surface area (Å²) < 4.78 is 0. The molecule has 0 aliphatic carbocycles. The van der Waals surface area contributed by atoms with Crippen LogP contribution in [0.1, 0.15) is 252 Å². The van der Waals surface area contributed by atoms with Crippen LogP contribution in [0.4, 0.5) is 0 Å². The van der Waals surface area contributed by atoms with Gasteiger partial charge >= 0.3 is 17.9 Å². The van der Waals surface area contributed by atoms with Crippen LogP contribution in [0.3, 0.4) is 0 Å². The number of hydrogen-bond acceptors (Lipinski definition) is 3. The third-order valence-electron chi connectivity index (χ3n) is 10.3. The molecule has 62 heavy (non-hydrogen) atoms. The molecule has 0 bridgehead atoms. The van der Waals surface area contributed by atoms with Gasteiger partial charge in [0.25, 0.3) is 0 Å². The van der Waals surface area contributed by atoms with E-state index in [9.17, 15) is 14.4 Å². The van der Waals surface area contributed by atoms with E-state index in [1.807, 2.05) is 0 Å². The van der Waals surface area contributed by atoms with E-state index in [1.54, 1.807) is 6.08 Å². The van der Waals surface area contributed by atoms with Gasteiger partial charge in [0.2, 0.25) is 0 Å². The van der Waals surface area contributed by atoms with E-state index in [2.05, 4.69) is 93.7 Å². The van der Waals surface area contributed by atoms with E-state index in [0.29, 0.717) is 12.8 Å². The summed E-state index contributed by atoms with van der Waals surface area (Å²) in [5.41, 5.74) is 0. The van der Waals surface area contributed by atoms with Crippen molar-refractivity contribution in [3.8, 4) is 0 Å². The van der Waals surface area contributed by atoms with Crippen LogP contribution in [0.25, 0.3) is 0 Å². The minimum atomic E-state index is -0.832. The summed E-state index contributed by atoms with van der Waals surface area (Å²) in [7, 11) is 0. The van der Waals surface area contributed by atoms with Crippen molar-refractivity contribution in [3.05, 3.63) is 85.1 Å². The van der Waals surface area contributed by atoms with Gasteiger partial charge in [-0.2, -0.15) is 0 Å². The van der Waals surface area contributed by atoms with Gasteiger partial charge in [-0.3, -0.25) is 9.59 Å². The van der Waals surface area contributed by atoms with Crippen LogP contribution >= 0.6 is 0 Å². The zero-order valence-corrected chi connectivity index (χ0v) is 40.6. The van der Waals surface area contributed by atoms with Gasteiger partial charge < -0.3 is 15.3 Å². The van der Waals surface area contributed by atoms with E-state index in [4.69, 9.17) is 15.3 Å². The minimum Gasteiger partial charge on any atom is -0.481 e. The molecule has 0 aromatic carbocycles. The van der Waals surface area contributed by atoms with Gasteiger partial charge in [-0.15, -0.1) is 0 Å². The van der Waals surface area contributed by atoms with Crippen LogP contribution in [0.5, 0.6) is 0 Å². The quantitative estimate of drug-likeness (QED) is 0.0320. The number of allylic oxidation sites excluding steroid dienone is 13. The van der Waals surface area contributed by atoms with Gasteiger partial charge in [0.15, 0.2) is 0 Å². The Bertz CT molecular complexity index is 1140. The van der Waals surface area contributed by atoms with Crippen molar-refractivity contribution < 1.29 is 29.7 Å². The van der Waals surface area contributed by atoms with Gasteiger partial charge in [0.1, 0.15) is 0 Å². The van der Waals surface area contributed by atoms with E-state index in [-0.39, 0.29) is 0 Å². The standard InChI is InChI=1S/C20H38O2.2C18H30O2/c1-2-3-4-5-6-7-8-9-10-11-12-13-14-15-16-17-18-19-20(21)22;2*1-2-3-4-5-6-7-8-9-10-11-12-13-14-15-16-17-18(19)20/h18-19H,2-17H2,1H3,(H,21,22);6-7,9-10,12-13H,2-5,8,11,14-17H2,1H3,(H,19,20);3-4,6-7,9-10H,2,5,8,11-17H2,1H3,(H,19,20)/b;;4-3-,7-6-,10-9-. The molecule has 0 aliphatic heterocycles. The maximum Gasteiger partial charge on any atom is 0.327 e. The molecule has 0 saturated carbocycles. The number of carbonyl (C=O) groups is 3. The summed E-state index contributed by atoms with van der Waals surface area (Å²) in [4.78, 5) is 30.9. The van der Waals surface area contributed by atoms with Crippen LogP contribution < -0.4 is 0 Å². The van der Waals surface area contributed by atoms with Crippen molar-refractivity contribution in [2.75, 3.05) is 0 Å². The summed E-state index contributed by atoms with van der Waals surface area (Å²) in [5.74, 6) is -2.20. The Morgan fingerprint density at radius 2 is 0.565 bits per heavy atom. The lowest BCUT2D eigenvalue weighted by Crippen LogP contribution is -1.93. The molecule has 3 N–H and O–H groups in total. The van der Waals surface area contributed by atoms with Gasteiger partial charge in [0, 0.05) is 18.9 Å². The first-order valence-electron chi connectivity index (χ1n) is 25.5. The Kier molecular flexibility index (Phi) is 60.5. The predicted octanol–water partition coefficient (Wildman–Crippen LogP) is 18.2. The van der Waals surface area contributed by atoms with Crippen LogP contribution in [-0.2, 0) is 14.4 Å². The molecule has 0 saturated heterocycles.